The van der Waals surface area contributed by atoms with Crippen molar-refractivity contribution in [3.8, 4) is 5.75 Å². The number of nitrogens with one attached hydrogen (secondary N) is 3. The first-order valence-electron chi connectivity index (χ1n) is 8.71. The number of benzene rings is 2. The molecule has 27 heavy (non-hydrogen) atoms. The molecule has 6 nitrogen and oxygen atoms in total. The van der Waals surface area contributed by atoms with Crippen molar-refractivity contribution in [3.63, 3.8) is 0 Å². The lowest BCUT2D eigenvalue weighted by atomic mass is 10.1. The molecule has 0 bridgehead atoms. The topological polar surface area (TPSA) is 79.5 Å². The third-order valence-electron chi connectivity index (χ3n) is 3.68. The monoisotopic (exact) mass is 385 g/mol. The highest BCUT2D eigenvalue weighted by atomic mass is 32.1. The van der Waals surface area contributed by atoms with Gasteiger partial charge >= 0.3 is 0 Å². The van der Waals surface area contributed by atoms with E-state index in [1.54, 1.807) is 24.3 Å². The largest absolute Gasteiger partial charge is 0.494 e. The number of hydrogen-bond acceptors (Lipinski definition) is 4. The zero-order valence-corrected chi connectivity index (χ0v) is 16.0. The molecule has 2 rings (SSSR count). The van der Waals surface area contributed by atoms with Crippen molar-refractivity contribution in [3.05, 3.63) is 65.7 Å². The molecule has 0 atom stereocenters. The highest BCUT2D eigenvalue weighted by Crippen LogP contribution is 2.13. The van der Waals surface area contributed by atoms with Gasteiger partial charge in [-0.1, -0.05) is 30.3 Å². The number of carbonyl (C=O) groups is 2. The van der Waals surface area contributed by atoms with Crippen LogP contribution in [0.5, 0.6) is 5.75 Å². The van der Waals surface area contributed by atoms with Crippen molar-refractivity contribution in [2.24, 2.45) is 0 Å². The van der Waals surface area contributed by atoms with Crippen LogP contribution in [0.3, 0.4) is 0 Å². The Morgan fingerprint density at radius 3 is 2.33 bits per heavy atom. The smallest absolute Gasteiger partial charge is 0.238 e. The number of ketones is 1. The van der Waals surface area contributed by atoms with Crippen molar-refractivity contribution < 1.29 is 14.3 Å². The van der Waals surface area contributed by atoms with Gasteiger partial charge in [0, 0.05) is 24.9 Å². The van der Waals surface area contributed by atoms with Crippen LogP contribution >= 0.6 is 12.2 Å². The number of Topliss-reactive ketones (excluding diaryl/α,β-unsaturated/α-hetero) is 1. The molecule has 0 aliphatic rings. The second-order valence-corrected chi connectivity index (χ2v) is 6.13. The molecule has 0 aliphatic carbocycles. The van der Waals surface area contributed by atoms with E-state index >= 15 is 0 Å². The molecule has 2 aromatic rings. The molecule has 0 aliphatic heterocycles. The average Bonchev–Trinajstić information content (AvgIpc) is 2.70. The summed E-state index contributed by atoms with van der Waals surface area (Å²) in [7, 11) is 0. The molecule has 1 amide bonds. The molecule has 0 saturated heterocycles. The molecular formula is C20H23N3O3S. The highest BCUT2D eigenvalue weighted by molar-refractivity contribution is 7.80. The number of hydrazine groups is 1. The zero-order chi connectivity index (χ0) is 19.5. The van der Waals surface area contributed by atoms with Crippen LogP contribution in [0.4, 0.5) is 0 Å². The summed E-state index contributed by atoms with van der Waals surface area (Å²) in [4.78, 5) is 24.0. The molecule has 0 radical (unpaired) electrons. The zero-order valence-electron chi connectivity index (χ0n) is 15.2. The number of amides is 1. The summed E-state index contributed by atoms with van der Waals surface area (Å²) in [6, 6.07) is 16.7. The maximum atomic E-state index is 12.1. The van der Waals surface area contributed by atoms with Gasteiger partial charge in [0.15, 0.2) is 10.9 Å². The third-order valence-corrected chi connectivity index (χ3v) is 3.92. The average molecular weight is 385 g/mol. The Morgan fingerprint density at radius 2 is 1.67 bits per heavy atom. The summed E-state index contributed by atoms with van der Waals surface area (Å²) in [6.07, 6.45) is 0.187. The first-order valence-corrected chi connectivity index (χ1v) is 9.12. The van der Waals surface area contributed by atoms with Crippen molar-refractivity contribution in [2.45, 2.75) is 26.3 Å². The van der Waals surface area contributed by atoms with Gasteiger partial charge in [0.1, 0.15) is 5.75 Å². The van der Waals surface area contributed by atoms with Gasteiger partial charge in [-0.15, -0.1) is 0 Å². The predicted molar refractivity (Wildman–Crippen MR) is 108 cm³/mol. The lowest BCUT2D eigenvalue weighted by molar-refractivity contribution is -0.121. The maximum absolute atomic E-state index is 12.1. The van der Waals surface area contributed by atoms with Gasteiger partial charge in [0.2, 0.25) is 5.91 Å². The van der Waals surface area contributed by atoms with Crippen LogP contribution in [0.1, 0.15) is 35.7 Å². The number of carbonyl (C=O) groups excluding carboxylic acids is 2. The van der Waals surface area contributed by atoms with Crippen molar-refractivity contribution >= 4 is 29.0 Å². The second-order valence-electron chi connectivity index (χ2n) is 5.72. The molecule has 142 valence electrons. The van der Waals surface area contributed by atoms with Crippen LogP contribution in [0.2, 0.25) is 0 Å². The summed E-state index contributed by atoms with van der Waals surface area (Å²) >= 11 is 5.10. The fourth-order valence-electron chi connectivity index (χ4n) is 2.29. The van der Waals surface area contributed by atoms with E-state index in [1.807, 2.05) is 37.3 Å². The van der Waals surface area contributed by atoms with Gasteiger partial charge in [-0.2, -0.15) is 0 Å². The lowest BCUT2D eigenvalue weighted by Gasteiger charge is -2.11. The van der Waals surface area contributed by atoms with E-state index in [0.717, 1.165) is 5.56 Å². The van der Waals surface area contributed by atoms with Crippen LogP contribution in [-0.2, 0) is 11.3 Å². The molecule has 0 spiro atoms. The van der Waals surface area contributed by atoms with Gasteiger partial charge in [-0.25, -0.2) is 0 Å². The van der Waals surface area contributed by atoms with Crippen molar-refractivity contribution in [2.75, 3.05) is 6.61 Å². The van der Waals surface area contributed by atoms with E-state index in [-0.39, 0.29) is 24.5 Å². The maximum Gasteiger partial charge on any atom is 0.238 e. The third kappa shape index (κ3) is 7.45. The highest BCUT2D eigenvalue weighted by Gasteiger charge is 2.10. The fourth-order valence-corrected chi connectivity index (χ4v) is 2.41. The Morgan fingerprint density at radius 1 is 0.963 bits per heavy atom. The first-order chi connectivity index (χ1) is 13.1. The molecule has 0 unspecified atom stereocenters. The van der Waals surface area contributed by atoms with E-state index in [2.05, 4.69) is 16.2 Å². The molecule has 2 aromatic carbocycles. The normalized spacial score (nSPS) is 9.96. The number of rotatable bonds is 8. The minimum Gasteiger partial charge on any atom is -0.494 e. The summed E-state index contributed by atoms with van der Waals surface area (Å²) in [5, 5.41) is 3.30. The van der Waals surface area contributed by atoms with E-state index < -0.39 is 0 Å². The Labute approximate surface area is 164 Å². The number of ether oxygens (including phenoxy) is 1. The predicted octanol–water partition coefficient (Wildman–Crippen LogP) is 2.74. The van der Waals surface area contributed by atoms with Crippen molar-refractivity contribution in [1.29, 1.82) is 0 Å². The molecule has 0 heterocycles. The van der Waals surface area contributed by atoms with Crippen LogP contribution in [-0.4, -0.2) is 23.4 Å². The van der Waals surface area contributed by atoms with Gasteiger partial charge in [-0.05, 0) is 49.0 Å². The summed E-state index contributed by atoms with van der Waals surface area (Å²) in [5.41, 5.74) is 6.75. The molecule has 0 aromatic heterocycles. The van der Waals surface area contributed by atoms with Gasteiger partial charge in [-0.3, -0.25) is 20.4 Å². The van der Waals surface area contributed by atoms with Crippen molar-refractivity contribution in [1.82, 2.24) is 16.2 Å². The molecule has 7 heteroatoms. The van der Waals surface area contributed by atoms with E-state index in [4.69, 9.17) is 17.0 Å². The lowest BCUT2D eigenvalue weighted by Crippen LogP contribution is -2.46. The van der Waals surface area contributed by atoms with Gasteiger partial charge in [0.05, 0.1) is 6.61 Å². The summed E-state index contributed by atoms with van der Waals surface area (Å²) < 4.78 is 5.34. The summed E-state index contributed by atoms with van der Waals surface area (Å²) in [6.45, 7) is 3.02. The Hall–Kier alpha value is -2.93. The van der Waals surface area contributed by atoms with E-state index in [9.17, 15) is 9.59 Å². The van der Waals surface area contributed by atoms with Gasteiger partial charge < -0.3 is 10.1 Å². The van der Waals surface area contributed by atoms with Gasteiger partial charge in [0.25, 0.3) is 0 Å². The molecule has 0 fully saturated rings. The SMILES string of the molecule is CCOc1ccc(C(=O)CCC(=O)NNC(=S)NCc2ccccc2)cc1. The van der Waals surface area contributed by atoms with E-state index in [1.165, 1.54) is 0 Å². The number of hydrogen-bond donors (Lipinski definition) is 3. The second kappa shape index (κ2) is 10.9. The molecular weight excluding hydrogens is 362 g/mol. The van der Waals surface area contributed by atoms with Crippen LogP contribution < -0.4 is 20.9 Å². The summed E-state index contributed by atoms with van der Waals surface area (Å²) in [5.74, 6) is 0.309. The van der Waals surface area contributed by atoms with Crippen LogP contribution in [0.15, 0.2) is 54.6 Å². The quantitative estimate of drug-likeness (QED) is 0.368. The standard InChI is InChI=1S/C20H23N3O3S/c1-2-26-17-10-8-16(9-11-17)18(24)12-13-19(25)22-23-20(27)21-14-15-6-4-3-5-7-15/h3-11H,2,12-14H2,1H3,(H,22,25)(H2,21,23,27). The molecule has 3 N–H and O–H groups in total. The minimum absolute atomic E-state index is 0.0698. The van der Waals surface area contributed by atoms with E-state index in [0.29, 0.717) is 29.6 Å². The Balaban J connectivity index is 1.66. The fraction of sp³-hybridized carbons (Fsp3) is 0.250. The van der Waals surface area contributed by atoms with Crippen LogP contribution in [0, 0.1) is 0 Å². The molecule has 0 saturated carbocycles. The first kappa shape index (κ1) is 20.4. The minimum atomic E-state index is -0.307. The number of thiocarbonyl (C=S) groups is 1. The Bertz CT molecular complexity index is 764. The Kier molecular flexibility index (Phi) is 8.25. The van der Waals surface area contributed by atoms with Crippen LogP contribution in [0.25, 0.3) is 0 Å².